The summed E-state index contributed by atoms with van der Waals surface area (Å²) in [6, 6.07) is 4.65. The Labute approximate surface area is 125 Å². The maximum atomic E-state index is 12.1. The third-order valence-electron chi connectivity index (χ3n) is 3.52. The minimum Gasteiger partial charge on any atom is -0.465 e. The third-order valence-corrected chi connectivity index (χ3v) is 3.52. The zero-order valence-corrected chi connectivity index (χ0v) is 11.9. The molecule has 3 rings (SSSR count). The summed E-state index contributed by atoms with van der Waals surface area (Å²) in [6.07, 6.45) is -0.133. The number of nitrogens with zero attached hydrogens (tertiary/aromatic N) is 3. The van der Waals surface area contributed by atoms with Gasteiger partial charge in [0.25, 0.3) is 5.56 Å². The number of amides is 1. The molecule has 0 bridgehead atoms. The lowest BCUT2D eigenvalue weighted by atomic mass is 10.2. The zero-order chi connectivity index (χ0) is 15.7. The Morgan fingerprint density at radius 3 is 2.86 bits per heavy atom. The normalized spacial score (nSPS) is 15.3. The minimum absolute atomic E-state index is 0.219. The zero-order valence-electron chi connectivity index (χ0n) is 11.9. The van der Waals surface area contributed by atoms with Crippen LogP contribution in [0.2, 0.25) is 0 Å². The van der Waals surface area contributed by atoms with Crippen LogP contribution in [0.4, 0.5) is 10.5 Å². The SMILES string of the molecule is CN(C(=O)O)c1cnc2ccc(=O)n(CC3OCCO3)c2c1. The number of rotatable bonds is 3. The fourth-order valence-corrected chi connectivity index (χ4v) is 2.30. The molecule has 1 fully saturated rings. The van der Waals surface area contributed by atoms with Gasteiger partial charge in [-0.15, -0.1) is 0 Å². The molecule has 0 spiro atoms. The molecule has 1 N–H and O–H groups in total. The summed E-state index contributed by atoms with van der Waals surface area (Å²) < 4.78 is 12.2. The van der Waals surface area contributed by atoms with Gasteiger partial charge in [0, 0.05) is 13.1 Å². The Balaban J connectivity index is 2.07. The highest BCUT2D eigenvalue weighted by Crippen LogP contribution is 2.19. The molecule has 116 valence electrons. The summed E-state index contributed by atoms with van der Waals surface area (Å²) in [5.74, 6) is 0. The summed E-state index contributed by atoms with van der Waals surface area (Å²) in [5.41, 5.74) is 1.30. The summed E-state index contributed by atoms with van der Waals surface area (Å²) in [5, 5.41) is 9.05. The second kappa shape index (κ2) is 5.74. The van der Waals surface area contributed by atoms with Gasteiger partial charge in [-0.3, -0.25) is 14.7 Å². The van der Waals surface area contributed by atoms with E-state index >= 15 is 0 Å². The van der Waals surface area contributed by atoms with Gasteiger partial charge in [-0.2, -0.15) is 0 Å². The average molecular weight is 305 g/mol. The number of ether oxygens (including phenoxy) is 2. The van der Waals surface area contributed by atoms with Crippen molar-refractivity contribution in [3.63, 3.8) is 0 Å². The smallest absolute Gasteiger partial charge is 0.411 e. The van der Waals surface area contributed by atoms with Crippen LogP contribution in [0, 0.1) is 0 Å². The standard InChI is InChI=1S/C14H15N3O5/c1-16(14(19)20)9-6-11-10(15-7-9)2-3-12(18)17(11)8-13-21-4-5-22-13/h2-3,6-7,13H,4-5,8H2,1H3,(H,19,20). The van der Waals surface area contributed by atoms with E-state index in [1.165, 1.54) is 23.9 Å². The Bertz CT molecular complexity index is 767. The van der Waals surface area contributed by atoms with Gasteiger partial charge in [-0.25, -0.2) is 4.79 Å². The number of pyridine rings is 2. The molecule has 1 saturated heterocycles. The van der Waals surface area contributed by atoms with Gasteiger partial charge >= 0.3 is 6.09 Å². The predicted molar refractivity (Wildman–Crippen MR) is 78.1 cm³/mol. The van der Waals surface area contributed by atoms with Gasteiger partial charge in [0.1, 0.15) is 0 Å². The molecule has 8 heteroatoms. The maximum absolute atomic E-state index is 12.1. The Hall–Kier alpha value is -2.45. The highest BCUT2D eigenvalue weighted by atomic mass is 16.7. The van der Waals surface area contributed by atoms with Gasteiger partial charge in [-0.1, -0.05) is 0 Å². The second-order valence-corrected chi connectivity index (χ2v) is 4.89. The Morgan fingerprint density at radius 2 is 2.18 bits per heavy atom. The molecule has 8 nitrogen and oxygen atoms in total. The fraction of sp³-hybridized carbons (Fsp3) is 0.357. The lowest BCUT2D eigenvalue weighted by molar-refractivity contribution is -0.0522. The van der Waals surface area contributed by atoms with E-state index < -0.39 is 12.4 Å². The van der Waals surface area contributed by atoms with E-state index in [0.717, 1.165) is 4.90 Å². The lowest BCUT2D eigenvalue weighted by Crippen LogP contribution is -2.28. The van der Waals surface area contributed by atoms with Crippen molar-refractivity contribution in [1.82, 2.24) is 9.55 Å². The number of anilines is 1. The molecule has 1 aliphatic heterocycles. The fourth-order valence-electron chi connectivity index (χ4n) is 2.30. The number of fused-ring (bicyclic) bond motifs is 1. The molecule has 1 amide bonds. The second-order valence-electron chi connectivity index (χ2n) is 4.89. The topological polar surface area (TPSA) is 93.9 Å². The van der Waals surface area contributed by atoms with E-state index in [2.05, 4.69) is 4.98 Å². The third kappa shape index (κ3) is 2.66. The van der Waals surface area contributed by atoms with Crippen molar-refractivity contribution < 1.29 is 19.4 Å². The van der Waals surface area contributed by atoms with Crippen molar-refractivity contribution >= 4 is 22.8 Å². The molecule has 22 heavy (non-hydrogen) atoms. The van der Waals surface area contributed by atoms with Crippen LogP contribution in [0.3, 0.4) is 0 Å². The molecular formula is C14H15N3O5. The van der Waals surface area contributed by atoms with E-state index in [1.807, 2.05) is 0 Å². The molecule has 1 aliphatic rings. The summed E-state index contributed by atoms with van der Waals surface area (Å²) in [4.78, 5) is 28.4. The van der Waals surface area contributed by atoms with Crippen LogP contribution in [0.1, 0.15) is 0 Å². The van der Waals surface area contributed by atoms with Gasteiger partial charge in [0.2, 0.25) is 0 Å². The van der Waals surface area contributed by atoms with Crippen LogP contribution < -0.4 is 10.5 Å². The van der Waals surface area contributed by atoms with Crippen LogP contribution in [0.5, 0.6) is 0 Å². The van der Waals surface area contributed by atoms with E-state index in [0.29, 0.717) is 29.9 Å². The molecule has 0 radical (unpaired) electrons. The van der Waals surface area contributed by atoms with Crippen LogP contribution in [-0.2, 0) is 16.0 Å². The monoisotopic (exact) mass is 305 g/mol. The van der Waals surface area contributed by atoms with Crippen molar-refractivity contribution in [2.45, 2.75) is 12.8 Å². The molecular weight excluding hydrogens is 290 g/mol. The molecule has 2 aromatic heterocycles. The molecule has 2 aromatic rings. The highest BCUT2D eigenvalue weighted by Gasteiger charge is 2.19. The van der Waals surface area contributed by atoms with E-state index in [-0.39, 0.29) is 12.1 Å². The quantitative estimate of drug-likeness (QED) is 0.905. The van der Waals surface area contributed by atoms with Crippen LogP contribution >= 0.6 is 0 Å². The van der Waals surface area contributed by atoms with Crippen LogP contribution in [0.25, 0.3) is 11.0 Å². The van der Waals surface area contributed by atoms with Crippen molar-refractivity contribution in [3.05, 3.63) is 34.7 Å². The lowest BCUT2D eigenvalue weighted by Gasteiger charge is -2.16. The molecule has 0 aliphatic carbocycles. The van der Waals surface area contributed by atoms with Crippen molar-refractivity contribution in [2.24, 2.45) is 0 Å². The maximum Gasteiger partial charge on any atom is 0.411 e. The number of hydrogen-bond acceptors (Lipinski definition) is 5. The summed E-state index contributed by atoms with van der Waals surface area (Å²) in [6.45, 7) is 1.23. The summed E-state index contributed by atoms with van der Waals surface area (Å²) >= 11 is 0. The molecule has 0 saturated carbocycles. The van der Waals surface area contributed by atoms with Crippen molar-refractivity contribution in [2.75, 3.05) is 25.2 Å². The Morgan fingerprint density at radius 1 is 1.45 bits per heavy atom. The van der Waals surface area contributed by atoms with Crippen LogP contribution in [-0.4, -0.2) is 47.3 Å². The minimum atomic E-state index is -1.10. The van der Waals surface area contributed by atoms with E-state index in [1.54, 1.807) is 12.1 Å². The number of aromatic nitrogens is 2. The van der Waals surface area contributed by atoms with E-state index in [9.17, 15) is 9.59 Å². The molecule has 0 aromatic carbocycles. The van der Waals surface area contributed by atoms with Gasteiger partial charge < -0.3 is 19.1 Å². The first-order valence-electron chi connectivity index (χ1n) is 6.76. The highest BCUT2D eigenvalue weighted by molar-refractivity contribution is 5.88. The first kappa shape index (κ1) is 14.5. The number of carbonyl (C=O) groups is 1. The summed E-state index contributed by atoms with van der Waals surface area (Å²) in [7, 11) is 1.42. The number of carboxylic acid groups (broad SMARTS) is 1. The number of hydrogen-bond donors (Lipinski definition) is 1. The first-order chi connectivity index (χ1) is 10.6. The largest absolute Gasteiger partial charge is 0.465 e. The van der Waals surface area contributed by atoms with Crippen molar-refractivity contribution in [1.29, 1.82) is 0 Å². The van der Waals surface area contributed by atoms with Gasteiger partial charge in [-0.05, 0) is 12.1 Å². The van der Waals surface area contributed by atoms with E-state index in [4.69, 9.17) is 14.6 Å². The average Bonchev–Trinajstić information content (AvgIpc) is 3.02. The first-order valence-corrected chi connectivity index (χ1v) is 6.76. The molecule has 3 heterocycles. The molecule has 0 unspecified atom stereocenters. The van der Waals surface area contributed by atoms with Crippen LogP contribution in [0.15, 0.2) is 29.2 Å². The predicted octanol–water partition coefficient (Wildman–Crippen LogP) is 0.884. The van der Waals surface area contributed by atoms with Gasteiger partial charge in [0.05, 0.1) is 42.7 Å². The Kier molecular flexibility index (Phi) is 3.78. The van der Waals surface area contributed by atoms with Crippen molar-refractivity contribution in [3.8, 4) is 0 Å². The molecule has 0 atom stereocenters. The van der Waals surface area contributed by atoms with Gasteiger partial charge in [0.15, 0.2) is 6.29 Å².